The van der Waals surface area contributed by atoms with Gasteiger partial charge in [0.1, 0.15) is 0 Å². The van der Waals surface area contributed by atoms with Gasteiger partial charge in [0.15, 0.2) is 0 Å². The Balaban J connectivity index is 1.78. The molecule has 2 amide bonds. The molecular formula is C12H22N2O2S. The van der Waals surface area contributed by atoms with E-state index in [9.17, 15) is 4.79 Å². The summed E-state index contributed by atoms with van der Waals surface area (Å²) in [4.78, 5) is 13.8. The molecule has 1 saturated carbocycles. The minimum Gasteiger partial charge on any atom is -0.395 e. The summed E-state index contributed by atoms with van der Waals surface area (Å²) >= 11 is 1.95. The molecule has 1 aliphatic carbocycles. The van der Waals surface area contributed by atoms with E-state index in [0.717, 1.165) is 19.4 Å². The molecule has 0 aromatic heterocycles. The molecule has 98 valence electrons. The van der Waals surface area contributed by atoms with E-state index < -0.39 is 0 Å². The van der Waals surface area contributed by atoms with Gasteiger partial charge in [-0.1, -0.05) is 0 Å². The quantitative estimate of drug-likeness (QED) is 0.784. The number of hydrogen-bond donors (Lipinski definition) is 2. The zero-order chi connectivity index (χ0) is 12.3. The van der Waals surface area contributed by atoms with Gasteiger partial charge in [-0.3, -0.25) is 0 Å². The van der Waals surface area contributed by atoms with Gasteiger partial charge in [-0.05, 0) is 38.4 Å². The second-order valence-electron chi connectivity index (χ2n) is 5.21. The summed E-state index contributed by atoms with van der Waals surface area (Å²) in [6.45, 7) is 3.47. The molecule has 0 aromatic carbocycles. The van der Waals surface area contributed by atoms with Crippen molar-refractivity contribution in [2.75, 3.05) is 25.4 Å². The lowest BCUT2D eigenvalue weighted by Gasteiger charge is -2.27. The maximum atomic E-state index is 12.0. The van der Waals surface area contributed by atoms with Crippen molar-refractivity contribution >= 4 is 17.8 Å². The van der Waals surface area contributed by atoms with E-state index in [1.807, 2.05) is 11.8 Å². The van der Waals surface area contributed by atoms with E-state index >= 15 is 0 Å². The number of hydrogen-bond acceptors (Lipinski definition) is 3. The normalized spacial score (nSPS) is 28.1. The minimum atomic E-state index is -0.00437. The molecule has 5 heteroatoms. The first-order valence-corrected chi connectivity index (χ1v) is 7.42. The molecule has 4 nitrogen and oxygen atoms in total. The summed E-state index contributed by atoms with van der Waals surface area (Å²) in [7, 11) is 0. The standard InChI is InChI=1S/C12H22N2O2S/c1-12(5-2-8-17-12)9-13-11(16)14(6-7-15)10-3-4-10/h10,15H,2-9H2,1H3,(H,13,16). The Hall–Kier alpha value is -0.420. The van der Waals surface area contributed by atoms with E-state index in [0.29, 0.717) is 12.6 Å². The van der Waals surface area contributed by atoms with Crippen LogP contribution < -0.4 is 5.32 Å². The van der Waals surface area contributed by atoms with Gasteiger partial charge >= 0.3 is 6.03 Å². The fourth-order valence-electron chi connectivity index (χ4n) is 2.28. The van der Waals surface area contributed by atoms with Gasteiger partial charge in [-0.2, -0.15) is 11.8 Å². The first-order chi connectivity index (χ1) is 8.14. The van der Waals surface area contributed by atoms with Crippen LogP contribution in [0.5, 0.6) is 0 Å². The number of carbonyl (C=O) groups excluding carboxylic acids is 1. The fraction of sp³-hybridized carbons (Fsp3) is 0.917. The van der Waals surface area contributed by atoms with Crippen molar-refractivity contribution in [3.63, 3.8) is 0 Å². The van der Waals surface area contributed by atoms with Crippen LogP contribution in [0.25, 0.3) is 0 Å². The van der Waals surface area contributed by atoms with Gasteiger partial charge in [0, 0.05) is 23.9 Å². The lowest BCUT2D eigenvalue weighted by Crippen LogP contribution is -2.46. The highest BCUT2D eigenvalue weighted by Crippen LogP contribution is 2.37. The second-order valence-corrected chi connectivity index (χ2v) is 6.89. The zero-order valence-corrected chi connectivity index (χ0v) is 11.3. The average molecular weight is 258 g/mol. The van der Waals surface area contributed by atoms with Gasteiger partial charge in [0.25, 0.3) is 0 Å². The Morgan fingerprint density at radius 3 is 2.88 bits per heavy atom. The Morgan fingerprint density at radius 1 is 1.59 bits per heavy atom. The lowest BCUT2D eigenvalue weighted by atomic mass is 10.1. The van der Waals surface area contributed by atoms with Crippen molar-refractivity contribution in [1.82, 2.24) is 10.2 Å². The first kappa shape index (κ1) is 13.0. The number of aliphatic hydroxyl groups excluding tert-OH is 1. The SMILES string of the molecule is CC1(CNC(=O)N(CCO)C2CC2)CCCS1. The molecule has 0 radical (unpaired) electrons. The number of nitrogens with one attached hydrogen (secondary N) is 1. The molecule has 2 aliphatic rings. The van der Waals surface area contributed by atoms with Crippen molar-refractivity contribution in [3.05, 3.63) is 0 Å². The van der Waals surface area contributed by atoms with Gasteiger partial charge < -0.3 is 15.3 Å². The molecule has 1 heterocycles. The maximum Gasteiger partial charge on any atom is 0.317 e. The van der Waals surface area contributed by atoms with Crippen molar-refractivity contribution in [3.8, 4) is 0 Å². The molecule has 17 heavy (non-hydrogen) atoms. The van der Waals surface area contributed by atoms with Crippen LogP contribution in [-0.2, 0) is 0 Å². The number of aliphatic hydroxyl groups is 1. The van der Waals surface area contributed by atoms with Crippen LogP contribution in [0.3, 0.4) is 0 Å². The number of amides is 2. The van der Waals surface area contributed by atoms with E-state index in [-0.39, 0.29) is 17.4 Å². The van der Waals surface area contributed by atoms with Crippen LogP contribution >= 0.6 is 11.8 Å². The molecule has 2 fully saturated rings. The first-order valence-electron chi connectivity index (χ1n) is 6.44. The van der Waals surface area contributed by atoms with Gasteiger partial charge in [0.2, 0.25) is 0 Å². The molecule has 1 unspecified atom stereocenters. The number of urea groups is 1. The summed E-state index contributed by atoms with van der Waals surface area (Å²) in [6.07, 6.45) is 4.60. The molecule has 1 saturated heterocycles. The van der Waals surface area contributed by atoms with Crippen molar-refractivity contribution in [1.29, 1.82) is 0 Å². The van der Waals surface area contributed by atoms with Gasteiger partial charge in [0.05, 0.1) is 6.61 Å². The minimum absolute atomic E-state index is 0.00437. The van der Waals surface area contributed by atoms with Crippen molar-refractivity contribution < 1.29 is 9.90 Å². The smallest absolute Gasteiger partial charge is 0.317 e. The highest BCUT2D eigenvalue weighted by atomic mass is 32.2. The summed E-state index contributed by atoms with van der Waals surface area (Å²) in [6, 6.07) is 0.362. The molecule has 1 atom stereocenters. The van der Waals surface area contributed by atoms with Gasteiger partial charge in [-0.25, -0.2) is 4.79 Å². The van der Waals surface area contributed by atoms with Crippen LogP contribution in [-0.4, -0.2) is 52.3 Å². The van der Waals surface area contributed by atoms with Crippen molar-refractivity contribution in [2.45, 2.75) is 43.4 Å². The van der Waals surface area contributed by atoms with E-state index in [4.69, 9.17) is 5.11 Å². The average Bonchev–Trinajstić information content (AvgIpc) is 3.06. The zero-order valence-electron chi connectivity index (χ0n) is 10.4. The summed E-state index contributed by atoms with van der Waals surface area (Å²) < 4.78 is 0.212. The molecule has 1 aliphatic heterocycles. The largest absolute Gasteiger partial charge is 0.395 e. The third-order valence-electron chi connectivity index (χ3n) is 3.50. The molecular weight excluding hydrogens is 236 g/mol. The molecule has 0 bridgehead atoms. The highest BCUT2D eigenvalue weighted by molar-refractivity contribution is 8.00. The van der Waals surface area contributed by atoms with E-state index in [1.165, 1.54) is 18.6 Å². The second kappa shape index (κ2) is 5.48. The van der Waals surface area contributed by atoms with Crippen LogP contribution in [0.1, 0.15) is 32.6 Å². The lowest BCUT2D eigenvalue weighted by molar-refractivity contribution is 0.173. The Morgan fingerprint density at radius 2 is 2.35 bits per heavy atom. The monoisotopic (exact) mass is 258 g/mol. The van der Waals surface area contributed by atoms with Crippen LogP contribution in [0.15, 0.2) is 0 Å². The predicted octanol–water partition coefficient (Wildman–Crippen LogP) is 1.44. The Kier molecular flexibility index (Phi) is 4.20. The number of thioether (sulfide) groups is 1. The van der Waals surface area contributed by atoms with E-state index in [1.54, 1.807) is 4.90 Å². The maximum absolute atomic E-state index is 12.0. The topological polar surface area (TPSA) is 52.6 Å². The van der Waals surface area contributed by atoms with E-state index in [2.05, 4.69) is 12.2 Å². The highest BCUT2D eigenvalue weighted by Gasteiger charge is 2.34. The predicted molar refractivity (Wildman–Crippen MR) is 70.3 cm³/mol. The Labute approximate surface area is 107 Å². The number of carbonyl (C=O) groups is 1. The van der Waals surface area contributed by atoms with Crippen molar-refractivity contribution in [2.24, 2.45) is 0 Å². The van der Waals surface area contributed by atoms with Gasteiger partial charge in [-0.15, -0.1) is 0 Å². The fourth-order valence-corrected chi connectivity index (χ4v) is 3.53. The molecule has 0 spiro atoms. The third-order valence-corrected chi connectivity index (χ3v) is 5.04. The summed E-state index contributed by atoms with van der Waals surface area (Å²) in [5.74, 6) is 1.20. The molecule has 2 N–H and O–H groups in total. The van der Waals surface area contributed by atoms with Crippen LogP contribution in [0.4, 0.5) is 4.79 Å². The summed E-state index contributed by atoms with van der Waals surface area (Å²) in [5, 5.41) is 12.0. The Bertz CT molecular complexity index is 276. The molecule has 2 rings (SSSR count). The molecule has 0 aromatic rings. The summed E-state index contributed by atoms with van der Waals surface area (Å²) in [5.41, 5.74) is 0. The number of rotatable bonds is 5. The van der Waals surface area contributed by atoms with Crippen LogP contribution in [0, 0.1) is 0 Å². The third kappa shape index (κ3) is 3.52. The number of nitrogens with zero attached hydrogens (tertiary/aromatic N) is 1. The van der Waals surface area contributed by atoms with Crippen LogP contribution in [0.2, 0.25) is 0 Å².